The lowest BCUT2D eigenvalue weighted by Gasteiger charge is -2.22. The molecule has 1 atom stereocenters. The summed E-state index contributed by atoms with van der Waals surface area (Å²) in [7, 11) is 2.04. The molecular weight excluding hydrogens is 434 g/mol. The summed E-state index contributed by atoms with van der Waals surface area (Å²) in [5, 5.41) is 16.9. The topological polar surface area (TPSA) is 73.5 Å². The Morgan fingerprint density at radius 3 is 2.77 bits per heavy atom. The summed E-state index contributed by atoms with van der Waals surface area (Å²) in [6.07, 6.45) is 10.5. The third-order valence-electron chi connectivity index (χ3n) is 7.94. The molecule has 0 spiro atoms. The van der Waals surface area contributed by atoms with Gasteiger partial charge in [-0.05, 0) is 87.9 Å². The molecule has 6 rings (SSSR count). The SMILES string of the molecule is Cn1cncc1CCNC(c1ccc2c(c1)CCC2(C)C)c1nnnn1-c1ccc2c(c1)CCC2. The predicted octanol–water partition coefficient (Wildman–Crippen LogP) is 4.03. The lowest BCUT2D eigenvalue weighted by Crippen LogP contribution is -2.28. The molecule has 2 aromatic carbocycles. The Kier molecular flexibility index (Phi) is 5.52. The van der Waals surface area contributed by atoms with Gasteiger partial charge in [-0.25, -0.2) is 4.98 Å². The van der Waals surface area contributed by atoms with Crippen molar-refractivity contribution in [2.24, 2.45) is 7.05 Å². The van der Waals surface area contributed by atoms with E-state index in [-0.39, 0.29) is 11.5 Å². The Balaban J connectivity index is 1.36. The van der Waals surface area contributed by atoms with E-state index in [1.165, 1.54) is 52.8 Å². The van der Waals surface area contributed by atoms with Crippen molar-refractivity contribution in [2.75, 3.05) is 6.54 Å². The molecule has 7 heteroatoms. The van der Waals surface area contributed by atoms with E-state index in [9.17, 15) is 0 Å². The van der Waals surface area contributed by atoms with Crippen molar-refractivity contribution >= 4 is 0 Å². The first-order valence-electron chi connectivity index (χ1n) is 12.7. The summed E-state index contributed by atoms with van der Waals surface area (Å²) in [6.45, 7) is 5.48. The highest BCUT2D eigenvalue weighted by molar-refractivity contribution is 5.45. The number of nitrogens with one attached hydrogen (secondary N) is 1. The van der Waals surface area contributed by atoms with E-state index in [1.54, 1.807) is 0 Å². The van der Waals surface area contributed by atoms with Crippen molar-refractivity contribution in [3.8, 4) is 5.69 Å². The Morgan fingerprint density at radius 1 is 1.03 bits per heavy atom. The number of hydrogen-bond donors (Lipinski definition) is 1. The van der Waals surface area contributed by atoms with Crippen LogP contribution in [-0.4, -0.2) is 36.3 Å². The molecule has 2 aliphatic carbocycles. The molecule has 0 radical (unpaired) electrons. The minimum absolute atomic E-state index is 0.111. The molecule has 2 heterocycles. The van der Waals surface area contributed by atoms with Crippen LogP contribution in [0.25, 0.3) is 5.69 Å². The standard InChI is InChI=1S/C28H33N7/c1-28(2)13-11-21-15-22(8-10-25(21)28)26(30-14-12-24-17-29-18-34(24)3)27-31-32-33-35(27)23-9-7-19-5-4-6-20(19)16-23/h7-10,15-18,26,30H,4-6,11-14H2,1-3H3. The van der Waals surface area contributed by atoms with Gasteiger partial charge < -0.3 is 9.88 Å². The van der Waals surface area contributed by atoms with Crippen molar-refractivity contribution in [1.82, 2.24) is 35.1 Å². The van der Waals surface area contributed by atoms with Crippen LogP contribution >= 0.6 is 0 Å². The van der Waals surface area contributed by atoms with Gasteiger partial charge in [0, 0.05) is 31.9 Å². The zero-order chi connectivity index (χ0) is 24.0. The second-order valence-electron chi connectivity index (χ2n) is 10.7. The third kappa shape index (κ3) is 4.08. The Morgan fingerprint density at radius 2 is 1.91 bits per heavy atom. The lowest BCUT2D eigenvalue weighted by atomic mass is 9.86. The molecule has 35 heavy (non-hydrogen) atoms. The second-order valence-corrected chi connectivity index (χ2v) is 10.7. The quantitative estimate of drug-likeness (QED) is 0.444. The highest BCUT2D eigenvalue weighted by Crippen LogP contribution is 2.39. The molecule has 2 aliphatic rings. The van der Waals surface area contributed by atoms with Gasteiger partial charge >= 0.3 is 0 Å². The fraction of sp³-hybridized carbons (Fsp3) is 0.429. The van der Waals surface area contributed by atoms with Crippen LogP contribution in [0.4, 0.5) is 0 Å². The number of imidazole rings is 1. The molecule has 1 N–H and O–H groups in total. The maximum absolute atomic E-state index is 4.54. The largest absolute Gasteiger partial charge is 0.338 e. The highest BCUT2D eigenvalue weighted by Gasteiger charge is 2.31. The van der Waals surface area contributed by atoms with Crippen molar-refractivity contribution in [3.05, 3.63) is 88.3 Å². The van der Waals surface area contributed by atoms with E-state index in [0.29, 0.717) is 0 Å². The summed E-state index contributed by atoms with van der Waals surface area (Å²) in [4.78, 5) is 4.26. The molecule has 0 saturated heterocycles. The Hall–Kier alpha value is -3.32. The first kappa shape index (κ1) is 22.2. The van der Waals surface area contributed by atoms with Gasteiger partial charge in [-0.2, -0.15) is 4.68 Å². The number of fused-ring (bicyclic) bond motifs is 2. The molecule has 7 nitrogen and oxygen atoms in total. The predicted molar refractivity (Wildman–Crippen MR) is 136 cm³/mol. The van der Waals surface area contributed by atoms with E-state index in [0.717, 1.165) is 37.3 Å². The van der Waals surface area contributed by atoms with Crippen molar-refractivity contribution < 1.29 is 0 Å². The number of hydrogen-bond acceptors (Lipinski definition) is 5. The average molecular weight is 468 g/mol. The number of tetrazole rings is 1. The van der Waals surface area contributed by atoms with Gasteiger partial charge in [0.2, 0.25) is 0 Å². The van der Waals surface area contributed by atoms with E-state index in [1.807, 2.05) is 24.3 Å². The Bertz CT molecular complexity index is 1360. The fourth-order valence-electron chi connectivity index (χ4n) is 5.82. The lowest BCUT2D eigenvalue weighted by molar-refractivity contribution is 0.522. The molecule has 0 bridgehead atoms. The molecular formula is C28H33N7. The van der Waals surface area contributed by atoms with E-state index in [2.05, 4.69) is 80.6 Å². The number of aromatic nitrogens is 6. The zero-order valence-corrected chi connectivity index (χ0v) is 20.8. The highest BCUT2D eigenvalue weighted by atomic mass is 15.5. The van der Waals surface area contributed by atoms with Crippen molar-refractivity contribution in [2.45, 2.75) is 63.8 Å². The number of benzene rings is 2. The second kappa shape index (κ2) is 8.72. The van der Waals surface area contributed by atoms with Crippen LogP contribution in [0, 0.1) is 0 Å². The Labute approximate surface area is 206 Å². The van der Waals surface area contributed by atoms with Crippen molar-refractivity contribution in [1.29, 1.82) is 0 Å². The van der Waals surface area contributed by atoms with E-state index >= 15 is 0 Å². The first-order valence-corrected chi connectivity index (χ1v) is 12.7. The summed E-state index contributed by atoms with van der Waals surface area (Å²) in [6, 6.07) is 13.5. The smallest absolute Gasteiger partial charge is 0.178 e. The molecule has 1 unspecified atom stereocenters. The molecule has 0 aliphatic heterocycles. The normalized spacial score (nSPS) is 16.9. The zero-order valence-electron chi connectivity index (χ0n) is 20.8. The molecule has 0 fully saturated rings. The monoisotopic (exact) mass is 467 g/mol. The van der Waals surface area contributed by atoms with Gasteiger partial charge in [0.25, 0.3) is 0 Å². The van der Waals surface area contributed by atoms with Gasteiger partial charge in [0.05, 0.1) is 18.1 Å². The minimum atomic E-state index is -0.111. The van der Waals surface area contributed by atoms with Gasteiger partial charge in [0.1, 0.15) is 0 Å². The van der Waals surface area contributed by atoms with Crippen LogP contribution in [0.2, 0.25) is 0 Å². The van der Waals surface area contributed by atoms with Gasteiger partial charge in [-0.1, -0.05) is 38.1 Å². The maximum atomic E-state index is 4.54. The number of aryl methyl sites for hydroxylation is 4. The first-order chi connectivity index (χ1) is 17.0. The average Bonchev–Trinajstić information content (AvgIpc) is 3.64. The summed E-state index contributed by atoms with van der Waals surface area (Å²) < 4.78 is 3.99. The van der Waals surface area contributed by atoms with Crippen molar-refractivity contribution in [3.63, 3.8) is 0 Å². The van der Waals surface area contributed by atoms with E-state index < -0.39 is 0 Å². The van der Waals surface area contributed by atoms with Crippen LogP contribution in [0.15, 0.2) is 48.9 Å². The maximum Gasteiger partial charge on any atom is 0.178 e. The third-order valence-corrected chi connectivity index (χ3v) is 7.94. The van der Waals surface area contributed by atoms with Gasteiger partial charge in [0.15, 0.2) is 5.82 Å². The minimum Gasteiger partial charge on any atom is -0.338 e. The molecule has 180 valence electrons. The summed E-state index contributed by atoms with van der Waals surface area (Å²) in [5.41, 5.74) is 9.47. The fourth-order valence-corrected chi connectivity index (χ4v) is 5.82. The molecule has 4 aromatic rings. The van der Waals surface area contributed by atoms with Gasteiger partial charge in [-0.15, -0.1) is 5.10 Å². The molecule has 0 amide bonds. The van der Waals surface area contributed by atoms with Crippen LogP contribution in [0.5, 0.6) is 0 Å². The summed E-state index contributed by atoms with van der Waals surface area (Å²) in [5.74, 6) is 0.824. The van der Waals surface area contributed by atoms with Crippen LogP contribution in [-0.2, 0) is 38.1 Å². The van der Waals surface area contributed by atoms with E-state index in [4.69, 9.17) is 0 Å². The number of nitrogens with zero attached hydrogens (tertiary/aromatic N) is 6. The summed E-state index contributed by atoms with van der Waals surface area (Å²) >= 11 is 0. The molecule has 2 aromatic heterocycles. The van der Waals surface area contributed by atoms with Gasteiger partial charge in [-0.3, -0.25) is 0 Å². The van der Waals surface area contributed by atoms with Crippen LogP contribution in [0.1, 0.15) is 72.1 Å². The van der Waals surface area contributed by atoms with Crippen LogP contribution in [0.3, 0.4) is 0 Å². The van der Waals surface area contributed by atoms with Crippen LogP contribution < -0.4 is 5.32 Å². The molecule has 0 saturated carbocycles. The number of rotatable bonds is 7.